The van der Waals surface area contributed by atoms with E-state index in [9.17, 15) is 18.4 Å². The number of anilines is 2. The van der Waals surface area contributed by atoms with Gasteiger partial charge < -0.3 is 20.7 Å². The van der Waals surface area contributed by atoms with Crippen LogP contribution in [0.15, 0.2) is 42.5 Å². The van der Waals surface area contributed by atoms with Gasteiger partial charge >= 0.3 is 6.03 Å². The highest BCUT2D eigenvalue weighted by molar-refractivity contribution is 5.91. The number of nitrogens with one attached hydrogen (secondary N) is 3. The molecular formula is C17H17F2N3O3. The van der Waals surface area contributed by atoms with Gasteiger partial charge in [0.2, 0.25) is 5.91 Å². The zero-order valence-corrected chi connectivity index (χ0v) is 13.4. The summed E-state index contributed by atoms with van der Waals surface area (Å²) >= 11 is 0. The summed E-state index contributed by atoms with van der Waals surface area (Å²) < 4.78 is 31.0. The monoisotopic (exact) mass is 349 g/mol. The quantitative estimate of drug-likeness (QED) is 0.701. The number of rotatable bonds is 6. The lowest BCUT2D eigenvalue weighted by molar-refractivity contribution is -0.114. The van der Waals surface area contributed by atoms with Gasteiger partial charge in [-0.05, 0) is 36.4 Å². The molecule has 132 valence electrons. The molecule has 0 bridgehead atoms. The van der Waals surface area contributed by atoms with Crippen LogP contribution < -0.4 is 20.7 Å². The summed E-state index contributed by atoms with van der Waals surface area (Å²) in [5.41, 5.74) is 1.17. The molecule has 3 N–H and O–H groups in total. The fraction of sp³-hybridized carbons (Fsp3) is 0.176. The molecule has 0 radical (unpaired) electrons. The van der Waals surface area contributed by atoms with Crippen molar-refractivity contribution in [2.24, 2.45) is 0 Å². The van der Waals surface area contributed by atoms with Gasteiger partial charge in [0.25, 0.3) is 0 Å². The lowest BCUT2D eigenvalue weighted by Gasteiger charge is -2.10. The zero-order valence-electron chi connectivity index (χ0n) is 13.4. The molecule has 0 aromatic heterocycles. The van der Waals surface area contributed by atoms with Crippen molar-refractivity contribution in [2.75, 3.05) is 23.8 Å². The first kappa shape index (κ1) is 18.2. The van der Waals surface area contributed by atoms with Crippen molar-refractivity contribution in [3.05, 3.63) is 54.1 Å². The summed E-state index contributed by atoms with van der Waals surface area (Å²) in [6, 6.07) is 9.36. The van der Waals surface area contributed by atoms with E-state index in [0.717, 1.165) is 12.1 Å². The number of carbonyl (C=O) groups is 2. The molecule has 0 aliphatic heterocycles. The van der Waals surface area contributed by atoms with E-state index < -0.39 is 17.7 Å². The van der Waals surface area contributed by atoms with Crippen LogP contribution in [0.25, 0.3) is 0 Å². The SMILES string of the molecule is CC(=O)Nc1ccc(NC(=O)NCCOc2ccc(F)c(F)c2)cc1. The lowest BCUT2D eigenvalue weighted by Crippen LogP contribution is -2.32. The number of amides is 3. The molecular weight excluding hydrogens is 332 g/mol. The topological polar surface area (TPSA) is 79.5 Å². The Labute approximate surface area is 143 Å². The van der Waals surface area contributed by atoms with Crippen LogP contribution in [0.2, 0.25) is 0 Å². The third-order valence-electron chi connectivity index (χ3n) is 3.01. The van der Waals surface area contributed by atoms with Crippen molar-refractivity contribution in [1.82, 2.24) is 5.32 Å². The van der Waals surface area contributed by atoms with Crippen LogP contribution in [0.4, 0.5) is 25.0 Å². The van der Waals surface area contributed by atoms with Crippen molar-refractivity contribution in [3.8, 4) is 5.75 Å². The average Bonchev–Trinajstić information content (AvgIpc) is 2.56. The number of hydrogen-bond acceptors (Lipinski definition) is 3. The average molecular weight is 349 g/mol. The molecule has 6 nitrogen and oxygen atoms in total. The minimum atomic E-state index is -0.995. The standard InChI is InChI=1S/C17H17F2N3O3/c1-11(23)21-12-2-4-13(5-3-12)22-17(24)20-8-9-25-14-6-7-15(18)16(19)10-14/h2-7,10H,8-9H2,1H3,(H,21,23)(H2,20,22,24). The Hall–Kier alpha value is -3.16. The Morgan fingerprint density at radius 1 is 0.960 bits per heavy atom. The van der Waals surface area contributed by atoms with Gasteiger partial charge in [-0.25, -0.2) is 13.6 Å². The summed E-state index contributed by atoms with van der Waals surface area (Å²) in [5.74, 6) is -1.95. The van der Waals surface area contributed by atoms with Crippen LogP contribution in [-0.4, -0.2) is 25.1 Å². The maximum absolute atomic E-state index is 13.0. The Morgan fingerprint density at radius 3 is 2.20 bits per heavy atom. The fourth-order valence-corrected chi connectivity index (χ4v) is 1.92. The molecule has 2 aromatic carbocycles. The number of benzene rings is 2. The highest BCUT2D eigenvalue weighted by atomic mass is 19.2. The Bertz CT molecular complexity index is 751. The predicted octanol–water partition coefficient (Wildman–Crippen LogP) is 3.12. The number of halogens is 2. The number of urea groups is 1. The van der Waals surface area contributed by atoms with Crippen LogP contribution in [0.3, 0.4) is 0 Å². The normalized spacial score (nSPS) is 10.0. The van der Waals surface area contributed by atoms with Crippen molar-refractivity contribution in [1.29, 1.82) is 0 Å². The van der Waals surface area contributed by atoms with Crippen LogP contribution in [0, 0.1) is 11.6 Å². The van der Waals surface area contributed by atoms with Gasteiger partial charge in [-0.3, -0.25) is 4.79 Å². The number of hydrogen-bond donors (Lipinski definition) is 3. The second-order valence-corrected chi connectivity index (χ2v) is 5.06. The molecule has 0 fully saturated rings. The second kappa shape index (κ2) is 8.62. The molecule has 0 atom stereocenters. The van der Waals surface area contributed by atoms with Gasteiger partial charge in [0, 0.05) is 24.4 Å². The van der Waals surface area contributed by atoms with E-state index in [1.54, 1.807) is 24.3 Å². The van der Waals surface area contributed by atoms with E-state index in [2.05, 4.69) is 16.0 Å². The summed E-state index contributed by atoms with van der Waals surface area (Å²) in [7, 11) is 0. The lowest BCUT2D eigenvalue weighted by atomic mass is 10.3. The van der Waals surface area contributed by atoms with E-state index in [1.807, 2.05) is 0 Å². The molecule has 0 heterocycles. The summed E-state index contributed by atoms with van der Waals surface area (Å²) in [6.07, 6.45) is 0. The first-order valence-electron chi connectivity index (χ1n) is 7.44. The Balaban J connectivity index is 1.71. The smallest absolute Gasteiger partial charge is 0.319 e. The van der Waals surface area contributed by atoms with Crippen LogP contribution in [0.1, 0.15) is 6.92 Å². The third kappa shape index (κ3) is 6.09. The van der Waals surface area contributed by atoms with Gasteiger partial charge in [-0.2, -0.15) is 0 Å². The van der Waals surface area contributed by atoms with E-state index >= 15 is 0 Å². The first-order valence-corrected chi connectivity index (χ1v) is 7.44. The van der Waals surface area contributed by atoms with Crippen molar-refractivity contribution < 1.29 is 23.1 Å². The molecule has 0 unspecified atom stereocenters. The molecule has 0 aliphatic rings. The highest BCUT2D eigenvalue weighted by Gasteiger charge is 2.04. The largest absolute Gasteiger partial charge is 0.492 e. The van der Waals surface area contributed by atoms with E-state index in [0.29, 0.717) is 11.4 Å². The molecule has 0 aliphatic carbocycles. The highest BCUT2D eigenvalue weighted by Crippen LogP contribution is 2.15. The van der Waals surface area contributed by atoms with E-state index in [1.165, 1.54) is 13.0 Å². The minimum absolute atomic E-state index is 0.0972. The first-order chi connectivity index (χ1) is 11.9. The number of carbonyl (C=O) groups excluding carboxylic acids is 2. The van der Waals surface area contributed by atoms with E-state index in [-0.39, 0.29) is 24.8 Å². The molecule has 0 saturated heterocycles. The number of ether oxygens (including phenoxy) is 1. The van der Waals surface area contributed by atoms with Gasteiger partial charge in [-0.1, -0.05) is 0 Å². The third-order valence-corrected chi connectivity index (χ3v) is 3.01. The molecule has 3 amide bonds. The van der Waals surface area contributed by atoms with Crippen LogP contribution >= 0.6 is 0 Å². The molecule has 0 spiro atoms. The molecule has 8 heteroatoms. The summed E-state index contributed by atoms with van der Waals surface area (Å²) in [6.45, 7) is 1.68. The van der Waals surface area contributed by atoms with Gasteiger partial charge in [0.15, 0.2) is 11.6 Å². The van der Waals surface area contributed by atoms with Crippen molar-refractivity contribution in [2.45, 2.75) is 6.92 Å². The van der Waals surface area contributed by atoms with E-state index in [4.69, 9.17) is 4.74 Å². The Kier molecular flexibility index (Phi) is 6.27. The summed E-state index contributed by atoms with van der Waals surface area (Å²) in [4.78, 5) is 22.6. The fourth-order valence-electron chi connectivity index (χ4n) is 1.92. The minimum Gasteiger partial charge on any atom is -0.492 e. The maximum Gasteiger partial charge on any atom is 0.319 e. The van der Waals surface area contributed by atoms with Crippen LogP contribution in [0.5, 0.6) is 5.75 Å². The summed E-state index contributed by atoms with van der Waals surface area (Å²) in [5, 5.41) is 7.79. The maximum atomic E-state index is 13.0. The molecule has 2 rings (SSSR count). The predicted molar refractivity (Wildman–Crippen MR) is 89.6 cm³/mol. The molecule has 25 heavy (non-hydrogen) atoms. The molecule has 2 aromatic rings. The second-order valence-electron chi connectivity index (χ2n) is 5.06. The van der Waals surface area contributed by atoms with Crippen LogP contribution in [-0.2, 0) is 4.79 Å². The van der Waals surface area contributed by atoms with Gasteiger partial charge in [0.1, 0.15) is 12.4 Å². The van der Waals surface area contributed by atoms with Gasteiger partial charge in [-0.15, -0.1) is 0 Å². The molecule has 0 saturated carbocycles. The Morgan fingerprint density at radius 2 is 1.60 bits per heavy atom. The van der Waals surface area contributed by atoms with Crippen molar-refractivity contribution in [3.63, 3.8) is 0 Å². The van der Waals surface area contributed by atoms with Crippen molar-refractivity contribution >= 4 is 23.3 Å². The zero-order chi connectivity index (χ0) is 18.2. The van der Waals surface area contributed by atoms with Gasteiger partial charge in [0.05, 0.1) is 6.54 Å².